The average Bonchev–Trinajstić information content (AvgIpc) is 3.19. The number of amides is 2. The Hall–Kier alpha value is -2.94. The Morgan fingerprint density at radius 2 is 1.93 bits per heavy atom. The molecule has 1 aliphatic rings. The summed E-state index contributed by atoms with van der Waals surface area (Å²) in [5, 5.41) is 5.02. The molecule has 2 amide bonds. The van der Waals surface area contributed by atoms with Crippen LogP contribution in [-0.2, 0) is 25.5 Å². The third kappa shape index (κ3) is 6.28. The van der Waals surface area contributed by atoms with Gasteiger partial charge in [-0.1, -0.05) is 18.2 Å². The molecule has 9 heteroatoms. The molecule has 30 heavy (non-hydrogen) atoms. The average molecular weight is 432 g/mol. The van der Waals surface area contributed by atoms with Crippen molar-refractivity contribution in [2.24, 2.45) is 5.92 Å². The van der Waals surface area contributed by atoms with Gasteiger partial charge in [-0.3, -0.25) is 14.4 Å². The Morgan fingerprint density at radius 3 is 2.63 bits per heavy atom. The third-order valence-corrected chi connectivity index (χ3v) is 5.54. The van der Waals surface area contributed by atoms with Crippen molar-refractivity contribution < 1.29 is 23.9 Å². The zero-order valence-electron chi connectivity index (χ0n) is 16.8. The van der Waals surface area contributed by atoms with Crippen LogP contribution in [0.4, 0.5) is 5.13 Å². The van der Waals surface area contributed by atoms with Crippen LogP contribution in [0.2, 0.25) is 0 Å². The van der Waals surface area contributed by atoms with Crippen molar-refractivity contribution in [1.82, 2.24) is 9.88 Å². The molecule has 0 unspecified atom stereocenters. The number of thiazole rings is 1. The van der Waals surface area contributed by atoms with Gasteiger partial charge in [0.05, 0.1) is 18.7 Å². The van der Waals surface area contributed by atoms with Crippen LogP contribution in [0.5, 0.6) is 5.75 Å². The monoisotopic (exact) mass is 431 g/mol. The topological polar surface area (TPSA) is 97.8 Å². The molecule has 1 aliphatic heterocycles. The highest BCUT2D eigenvalue weighted by molar-refractivity contribution is 7.13. The predicted octanol–water partition coefficient (Wildman–Crippen LogP) is 2.50. The van der Waals surface area contributed by atoms with E-state index in [2.05, 4.69) is 10.3 Å². The first-order chi connectivity index (χ1) is 14.5. The van der Waals surface area contributed by atoms with Gasteiger partial charge in [-0.25, -0.2) is 4.98 Å². The molecule has 3 rings (SSSR count). The van der Waals surface area contributed by atoms with Crippen LogP contribution in [0.25, 0.3) is 0 Å². The number of likely N-dealkylation sites (tertiary alicyclic amines) is 1. The molecule has 0 bridgehead atoms. The molecule has 1 fully saturated rings. The van der Waals surface area contributed by atoms with Gasteiger partial charge < -0.3 is 19.7 Å². The van der Waals surface area contributed by atoms with Gasteiger partial charge in [0.25, 0.3) is 5.91 Å². The maximum absolute atomic E-state index is 12.5. The molecule has 0 saturated carbocycles. The molecule has 1 aromatic heterocycles. The largest absolute Gasteiger partial charge is 0.484 e. The van der Waals surface area contributed by atoms with Gasteiger partial charge in [-0.15, -0.1) is 11.3 Å². The molecule has 1 aromatic carbocycles. The van der Waals surface area contributed by atoms with Gasteiger partial charge in [0.1, 0.15) is 5.75 Å². The number of nitrogens with one attached hydrogen (secondary N) is 1. The summed E-state index contributed by atoms with van der Waals surface area (Å²) in [5.74, 6) is -0.0535. The highest BCUT2D eigenvalue weighted by atomic mass is 32.1. The summed E-state index contributed by atoms with van der Waals surface area (Å²) >= 11 is 1.28. The minimum Gasteiger partial charge on any atom is -0.484 e. The second-order valence-corrected chi connectivity index (χ2v) is 7.73. The highest BCUT2D eigenvalue weighted by Gasteiger charge is 2.28. The van der Waals surface area contributed by atoms with Crippen molar-refractivity contribution >= 4 is 34.3 Å². The lowest BCUT2D eigenvalue weighted by Gasteiger charge is -2.31. The molecule has 160 valence electrons. The SMILES string of the molecule is CCOC(=O)Cc1csc(NC(=O)C2CCN(C(=O)COc3ccccc3)CC2)n1. The van der Waals surface area contributed by atoms with E-state index in [0.717, 1.165) is 0 Å². The lowest BCUT2D eigenvalue weighted by molar-refractivity contribution is -0.142. The highest BCUT2D eigenvalue weighted by Crippen LogP contribution is 2.22. The Balaban J connectivity index is 1.41. The number of anilines is 1. The van der Waals surface area contributed by atoms with Crippen LogP contribution in [-0.4, -0.2) is 54.0 Å². The second kappa shape index (κ2) is 10.7. The molecule has 0 radical (unpaired) electrons. The van der Waals surface area contributed by atoms with Crippen LogP contribution in [0.15, 0.2) is 35.7 Å². The molecule has 1 N–H and O–H groups in total. The summed E-state index contributed by atoms with van der Waals surface area (Å²) in [7, 11) is 0. The molecule has 0 atom stereocenters. The first kappa shape index (κ1) is 21.8. The van der Waals surface area contributed by atoms with Crippen LogP contribution in [0.1, 0.15) is 25.5 Å². The fourth-order valence-electron chi connectivity index (χ4n) is 3.16. The number of ether oxygens (including phenoxy) is 2. The zero-order valence-corrected chi connectivity index (χ0v) is 17.7. The zero-order chi connectivity index (χ0) is 21.3. The van der Waals surface area contributed by atoms with Crippen molar-refractivity contribution in [2.75, 3.05) is 31.6 Å². The Bertz CT molecular complexity index is 863. The summed E-state index contributed by atoms with van der Waals surface area (Å²) in [5.41, 5.74) is 0.576. The van der Waals surface area contributed by atoms with Gasteiger partial charge >= 0.3 is 5.97 Å². The van der Waals surface area contributed by atoms with E-state index in [9.17, 15) is 14.4 Å². The number of esters is 1. The maximum atomic E-state index is 12.5. The van der Waals surface area contributed by atoms with Crippen LogP contribution in [0.3, 0.4) is 0 Å². The third-order valence-electron chi connectivity index (χ3n) is 4.74. The molecule has 0 spiro atoms. The van der Waals surface area contributed by atoms with Crippen molar-refractivity contribution in [3.63, 3.8) is 0 Å². The Labute approximate surface area is 179 Å². The van der Waals surface area contributed by atoms with E-state index in [1.54, 1.807) is 29.3 Å². The first-order valence-electron chi connectivity index (χ1n) is 9.91. The van der Waals surface area contributed by atoms with Crippen LogP contribution in [0, 0.1) is 5.92 Å². The number of nitrogens with zero attached hydrogens (tertiary/aromatic N) is 2. The lowest BCUT2D eigenvalue weighted by Crippen LogP contribution is -2.43. The number of piperidine rings is 1. The summed E-state index contributed by atoms with van der Waals surface area (Å²) in [6.45, 7) is 3.09. The van der Waals surface area contributed by atoms with E-state index >= 15 is 0 Å². The smallest absolute Gasteiger partial charge is 0.311 e. The predicted molar refractivity (Wildman–Crippen MR) is 112 cm³/mol. The minimum atomic E-state index is -0.339. The van der Waals surface area contributed by atoms with Crippen molar-refractivity contribution in [1.29, 1.82) is 0 Å². The van der Waals surface area contributed by atoms with E-state index in [-0.39, 0.29) is 36.7 Å². The minimum absolute atomic E-state index is 0.0107. The van der Waals surface area contributed by atoms with E-state index in [0.29, 0.717) is 49.1 Å². The second-order valence-electron chi connectivity index (χ2n) is 6.87. The number of para-hydroxylation sites is 1. The van der Waals surface area contributed by atoms with Gasteiger partial charge in [-0.2, -0.15) is 0 Å². The van der Waals surface area contributed by atoms with Crippen molar-refractivity contribution in [2.45, 2.75) is 26.2 Å². The summed E-state index contributed by atoms with van der Waals surface area (Å²) in [6, 6.07) is 9.21. The number of carbonyl (C=O) groups excluding carboxylic acids is 3. The van der Waals surface area contributed by atoms with Gasteiger partial charge in [0.15, 0.2) is 11.7 Å². The summed E-state index contributed by atoms with van der Waals surface area (Å²) in [4.78, 5) is 42.4. The number of rotatable bonds is 8. The Kier molecular flexibility index (Phi) is 7.78. The molecule has 0 aliphatic carbocycles. The molecule has 8 nitrogen and oxygen atoms in total. The number of hydrogen-bond acceptors (Lipinski definition) is 7. The van der Waals surface area contributed by atoms with E-state index in [1.165, 1.54) is 11.3 Å². The molecular weight excluding hydrogens is 406 g/mol. The van der Waals surface area contributed by atoms with Gasteiger partial charge in [-0.05, 0) is 31.9 Å². The van der Waals surface area contributed by atoms with Crippen molar-refractivity contribution in [3.8, 4) is 5.75 Å². The normalized spacial score (nSPS) is 14.2. The standard InChI is InChI=1S/C21H25N3O5S/c1-2-28-19(26)12-16-14-30-21(22-16)23-20(27)15-8-10-24(11-9-15)18(25)13-29-17-6-4-3-5-7-17/h3-7,14-15H,2,8-13H2,1H3,(H,22,23,27). The van der Waals surface area contributed by atoms with E-state index in [1.807, 2.05) is 18.2 Å². The maximum Gasteiger partial charge on any atom is 0.311 e. The molecule has 1 saturated heterocycles. The first-order valence-corrected chi connectivity index (χ1v) is 10.8. The van der Waals surface area contributed by atoms with Crippen LogP contribution < -0.4 is 10.1 Å². The van der Waals surface area contributed by atoms with E-state index < -0.39 is 0 Å². The molecule has 2 heterocycles. The number of benzene rings is 1. The summed E-state index contributed by atoms with van der Waals surface area (Å²) < 4.78 is 10.4. The number of aromatic nitrogens is 1. The molecule has 2 aromatic rings. The number of hydrogen-bond donors (Lipinski definition) is 1. The van der Waals surface area contributed by atoms with Crippen molar-refractivity contribution in [3.05, 3.63) is 41.4 Å². The van der Waals surface area contributed by atoms with Crippen LogP contribution >= 0.6 is 11.3 Å². The van der Waals surface area contributed by atoms with E-state index in [4.69, 9.17) is 9.47 Å². The quantitative estimate of drug-likeness (QED) is 0.645. The lowest BCUT2D eigenvalue weighted by atomic mass is 9.96. The molecular formula is C21H25N3O5S. The Morgan fingerprint density at radius 1 is 1.20 bits per heavy atom. The van der Waals surface area contributed by atoms with Gasteiger partial charge in [0, 0.05) is 24.4 Å². The van der Waals surface area contributed by atoms with Gasteiger partial charge in [0.2, 0.25) is 5.91 Å². The number of carbonyl (C=O) groups is 3. The summed E-state index contributed by atoms with van der Waals surface area (Å²) in [6.07, 6.45) is 1.26. The fourth-order valence-corrected chi connectivity index (χ4v) is 3.87. The fraction of sp³-hybridized carbons (Fsp3) is 0.429.